The van der Waals surface area contributed by atoms with Gasteiger partial charge in [0.15, 0.2) is 0 Å². The van der Waals surface area contributed by atoms with Gasteiger partial charge in [-0.3, -0.25) is 0 Å². The fourth-order valence-corrected chi connectivity index (χ4v) is 4.30. The van der Waals surface area contributed by atoms with Crippen LogP contribution in [0.3, 0.4) is 0 Å². The minimum Gasteiger partial charge on any atom is -0.496 e. The predicted molar refractivity (Wildman–Crippen MR) is 98.0 cm³/mol. The van der Waals surface area contributed by atoms with E-state index in [-0.39, 0.29) is 11.1 Å². The molecular formula is C17H15BrF2N2O2S. The maximum Gasteiger partial charge on any atom is 0.323 e. The van der Waals surface area contributed by atoms with Crippen LogP contribution in [0, 0.1) is 11.6 Å². The topological polar surface area (TPSA) is 41.6 Å². The van der Waals surface area contributed by atoms with Gasteiger partial charge in [0.2, 0.25) is 0 Å². The van der Waals surface area contributed by atoms with Crippen molar-refractivity contribution in [1.29, 1.82) is 0 Å². The van der Waals surface area contributed by atoms with Crippen LogP contribution in [0.25, 0.3) is 0 Å². The number of nitrogens with zero attached hydrogens (tertiary/aromatic N) is 1. The Morgan fingerprint density at radius 1 is 1.28 bits per heavy atom. The molecule has 25 heavy (non-hydrogen) atoms. The molecule has 0 saturated carbocycles. The number of halogens is 3. The van der Waals surface area contributed by atoms with E-state index in [1.807, 2.05) is 18.2 Å². The fraction of sp³-hybridized carbons (Fsp3) is 0.235. The summed E-state index contributed by atoms with van der Waals surface area (Å²) in [5.74, 6) is -0.0459. The lowest BCUT2D eigenvalue weighted by atomic mass is 10.2. The molecule has 132 valence electrons. The van der Waals surface area contributed by atoms with Gasteiger partial charge < -0.3 is 15.0 Å². The van der Waals surface area contributed by atoms with Gasteiger partial charge in [0, 0.05) is 34.1 Å². The van der Waals surface area contributed by atoms with Crippen molar-refractivity contribution in [2.24, 2.45) is 0 Å². The van der Waals surface area contributed by atoms with E-state index in [4.69, 9.17) is 4.74 Å². The quantitative estimate of drug-likeness (QED) is 0.746. The highest BCUT2D eigenvalue weighted by Gasteiger charge is 2.33. The van der Waals surface area contributed by atoms with E-state index in [1.54, 1.807) is 23.8 Å². The highest BCUT2D eigenvalue weighted by Crippen LogP contribution is 2.43. The molecule has 1 N–H and O–H groups in total. The number of hydrogen-bond donors (Lipinski definition) is 1. The molecule has 1 aliphatic heterocycles. The van der Waals surface area contributed by atoms with E-state index < -0.39 is 17.7 Å². The molecule has 4 nitrogen and oxygen atoms in total. The summed E-state index contributed by atoms with van der Waals surface area (Å²) in [5.41, 5.74) is 0.944. The molecule has 3 rings (SSSR count). The van der Waals surface area contributed by atoms with Gasteiger partial charge in [-0.1, -0.05) is 15.9 Å². The first-order chi connectivity index (χ1) is 12.0. The number of hydrogen-bond acceptors (Lipinski definition) is 3. The summed E-state index contributed by atoms with van der Waals surface area (Å²) in [6.07, 6.45) is 0. The second kappa shape index (κ2) is 7.61. The smallest absolute Gasteiger partial charge is 0.323 e. The standard InChI is InChI=1S/C17H15BrF2N2O2S/c1-24-15-3-2-10(18)6-14(15)16-22(4-5-25-16)17(23)21-13-8-11(19)7-12(20)9-13/h2-3,6-9,16H,4-5H2,1H3,(H,21,23). The average Bonchev–Trinajstić information content (AvgIpc) is 3.03. The number of ether oxygens (including phenoxy) is 1. The van der Waals surface area contributed by atoms with Crippen LogP contribution in [-0.2, 0) is 0 Å². The molecule has 1 atom stereocenters. The Labute approximate surface area is 156 Å². The Morgan fingerprint density at radius 3 is 2.68 bits per heavy atom. The fourth-order valence-electron chi connectivity index (χ4n) is 2.66. The first kappa shape index (κ1) is 18.0. The van der Waals surface area contributed by atoms with E-state index >= 15 is 0 Å². The third-order valence-corrected chi connectivity index (χ3v) is 5.46. The van der Waals surface area contributed by atoms with Gasteiger partial charge in [0.1, 0.15) is 22.8 Å². The first-order valence-electron chi connectivity index (χ1n) is 7.46. The molecule has 0 bridgehead atoms. The number of thioether (sulfide) groups is 1. The van der Waals surface area contributed by atoms with E-state index in [1.165, 1.54) is 0 Å². The maximum atomic E-state index is 13.3. The third kappa shape index (κ3) is 4.07. The Morgan fingerprint density at radius 2 is 2.00 bits per heavy atom. The molecular weight excluding hydrogens is 414 g/mol. The molecule has 2 amide bonds. The second-order valence-electron chi connectivity index (χ2n) is 5.39. The van der Waals surface area contributed by atoms with Crippen LogP contribution in [0.15, 0.2) is 40.9 Å². The first-order valence-corrected chi connectivity index (χ1v) is 9.31. The predicted octanol–water partition coefficient (Wildman–Crippen LogP) is 5.02. The third-order valence-electron chi connectivity index (χ3n) is 3.72. The monoisotopic (exact) mass is 428 g/mol. The second-order valence-corrected chi connectivity index (χ2v) is 7.49. The molecule has 0 aliphatic carbocycles. The SMILES string of the molecule is COc1ccc(Br)cc1C1SCCN1C(=O)Nc1cc(F)cc(F)c1. The zero-order chi connectivity index (χ0) is 18.0. The number of amides is 2. The summed E-state index contributed by atoms with van der Waals surface area (Å²) < 4.78 is 32.9. The number of benzene rings is 2. The van der Waals surface area contributed by atoms with E-state index in [2.05, 4.69) is 21.2 Å². The molecule has 2 aromatic rings. The minimum absolute atomic E-state index is 0.0827. The van der Waals surface area contributed by atoms with Crippen LogP contribution in [0.2, 0.25) is 0 Å². The van der Waals surface area contributed by atoms with Gasteiger partial charge in [-0.25, -0.2) is 13.6 Å². The highest BCUT2D eigenvalue weighted by atomic mass is 79.9. The summed E-state index contributed by atoms with van der Waals surface area (Å²) in [5, 5.41) is 2.31. The van der Waals surface area contributed by atoms with Crippen LogP contribution in [0.5, 0.6) is 5.75 Å². The Kier molecular flexibility index (Phi) is 5.48. The summed E-state index contributed by atoms with van der Waals surface area (Å²) in [7, 11) is 1.58. The van der Waals surface area contributed by atoms with E-state index in [0.717, 1.165) is 34.0 Å². The van der Waals surface area contributed by atoms with E-state index in [0.29, 0.717) is 12.3 Å². The molecule has 0 aromatic heterocycles. The Bertz CT molecular complexity index is 786. The molecule has 8 heteroatoms. The summed E-state index contributed by atoms with van der Waals surface area (Å²) in [4.78, 5) is 14.2. The number of carbonyl (C=O) groups is 1. The molecule has 1 aliphatic rings. The molecule has 0 spiro atoms. The molecule has 1 heterocycles. The van der Waals surface area contributed by atoms with Crippen LogP contribution in [0.1, 0.15) is 10.9 Å². The molecule has 0 radical (unpaired) electrons. The van der Waals surface area contributed by atoms with Crippen molar-refractivity contribution in [2.45, 2.75) is 5.37 Å². The van der Waals surface area contributed by atoms with Crippen molar-refractivity contribution in [1.82, 2.24) is 4.90 Å². The number of anilines is 1. The largest absolute Gasteiger partial charge is 0.496 e. The maximum absolute atomic E-state index is 13.3. The normalized spacial score (nSPS) is 16.8. The van der Waals surface area contributed by atoms with Crippen molar-refractivity contribution in [3.63, 3.8) is 0 Å². The molecule has 1 fully saturated rings. The summed E-state index contributed by atoms with van der Waals surface area (Å²) in [6, 6.07) is 8.11. The van der Waals surface area contributed by atoms with Crippen molar-refractivity contribution in [3.05, 3.63) is 58.1 Å². The van der Waals surface area contributed by atoms with Gasteiger partial charge in [-0.2, -0.15) is 0 Å². The summed E-state index contributed by atoms with van der Waals surface area (Å²) in [6.45, 7) is 0.522. The zero-order valence-electron chi connectivity index (χ0n) is 13.3. The Balaban J connectivity index is 1.84. The van der Waals surface area contributed by atoms with Crippen LogP contribution >= 0.6 is 27.7 Å². The molecule has 2 aromatic carbocycles. The molecule has 1 saturated heterocycles. The lowest BCUT2D eigenvalue weighted by Gasteiger charge is -2.26. The highest BCUT2D eigenvalue weighted by molar-refractivity contribution is 9.10. The number of nitrogens with one attached hydrogen (secondary N) is 1. The summed E-state index contributed by atoms with van der Waals surface area (Å²) >= 11 is 5.04. The van der Waals surface area contributed by atoms with Gasteiger partial charge in [0.05, 0.1) is 7.11 Å². The number of methoxy groups -OCH3 is 1. The van der Waals surface area contributed by atoms with Crippen LogP contribution in [-0.4, -0.2) is 30.3 Å². The number of carbonyl (C=O) groups excluding carboxylic acids is 1. The van der Waals surface area contributed by atoms with Crippen molar-refractivity contribution in [3.8, 4) is 5.75 Å². The lowest BCUT2D eigenvalue weighted by Crippen LogP contribution is -2.34. The van der Waals surface area contributed by atoms with Gasteiger partial charge in [-0.15, -0.1) is 11.8 Å². The van der Waals surface area contributed by atoms with Gasteiger partial charge in [0.25, 0.3) is 0 Å². The van der Waals surface area contributed by atoms with E-state index in [9.17, 15) is 13.6 Å². The van der Waals surface area contributed by atoms with Crippen LogP contribution in [0.4, 0.5) is 19.3 Å². The Hall–Kier alpha value is -1.80. The number of urea groups is 1. The van der Waals surface area contributed by atoms with Crippen molar-refractivity contribution in [2.75, 3.05) is 24.7 Å². The van der Waals surface area contributed by atoms with Gasteiger partial charge in [-0.05, 0) is 30.3 Å². The zero-order valence-corrected chi connectivity index (χ0v) is 15.7. The molecule has 1 unspecified atom stereocenters. The van der Waals surface area contributed by atoms with Crippen molar-refractivity contribution < 1.29 is 18.3 Å². The van der Waals surface area contributed by atoms with Crippen molar-refractivity contribution >= 4 is 39.4 Å². The lowest BCUT2D eigenvalue weighted by molar-refractivity contribution is 0.213. The average molecular weight is 429 g/mol. The number of rotatable bonds is 3. The van der Waals surface area contributed by atoms with Crippen LogP contribution < -0.4 is 10.1 Å². The minimum atomic E-state index is -0.740. The van der Waals surface area contributed by atoms with Gasteiger partial charge >= 0.3 is 6.03 Å².